The molecule has 0 fully saturated rings. The van der Waals surface area contributed by atoms with Crippen LogP contribution in [0.2, 0.25) is 0 Å². The molecule has 1 amide bonds. The van der Waals surface area contributed by atoms with Crippen molar-refractivity contribution in [1.82, 2.24) is 14.9 Å². The van der Waals surface area contributed by atoms with E-state index >= 15 is 0 Å². The molecule has 4 rings (SSSR count). The Hall–Kier alpha value is -4.83. The van der Waals surface area contributed by atoms with Gasteiger partial charge in [-0.1, -0.05) is 0 Å². The zero-order valence-electron chi connectivity index (χ0n) is 20.6. The smallest absolute Gasteiger partial charge is 0.275 e. The molecule has 38 heavy (non-hydrogen) atoms. The predicted octanol–water partition coefficient (Wildman–Crippen LogP) is 3.29. The van der Waals surface area contributed by atoms with Gasteiger partial charge in [-0.05, 0) is 80.2 Å². The van der Waals surface area contributed by atoms with E-state index in [0.29, 0.717) is 16.8 Å². The van der Waals surface area contributed by atoms with Crippen LogP contribution in [0.1, 0.15) is 28.4 Å². The quantitative estimate of drug-likeness (QED) is 0.209. The predicted molar refractivity (Wildman–Crippen MR) is 140 cm³/mol. The third-order valence-electron chi connectivity index (χ3n) is 6.03. The normalized spacial score (nSPS) is 11.7. The Morgan fingerprint density at radius 1 is 0.974 bits per heavy atom. The number of rotatable bonds is 8. The SMILES string of the molecule is CNC(C)C(=O)Nc1ccc(-c2ccc(O)c(O)c2)n(Cc2cncc(C(=O)c3ccc(F)cc3)c2)c1=O. The summed E-state index contributed by atoms with van der Waals surface area (Å²) >= 11 is 0. The van der Waals surface area contributed by atoms with E-state index in [4.69, 9.17) is 0 Å². The maximum atomic E-state index is 13.5. The first-order chi connectivity index (χ1) is 18.2. The zero-order chi connectivity index (χ0) is 27.4. The van der Waals surface area contributed by atoms with Crippen molar-refractivity contribution in [3.63, 3.8) is 0 Å². The molecule has 4 aromatic rings. The number of carbonyl (C=O) groups is 2. The maximum Gasteiger partial charge on any atom is 0.275 e. The Bertz CT molecular complexity index is 1570. The lowest BCUT2D eigenvalue weighted by molar-refractivity contribution is -0.117. The number of hydrogen-bond donors (Lipinski definition) is 4. The van der Waals surface area contributed by atoms with Gasteiger partial charge in [-0.15, -0.1) is 0 Å². The molecule has 9 nitrogen and oxygen atoms in total. The standard InChI is InChI=1S/C28H25FN4O5/c1-16(30-2)27(37)32-22-8-9-23(19-5-10-24(34)25(35)12-19)33(28(22)38)15-17-11-20(14-31-13-17)26(36)18-3-6-21(29)7-4-18/h3-14,16,30,34-35H,15H2,1-2H3,(H,32,37). The van der Waals surface area contributed by atoms with E-state index in [1.54, 1.807) is 26.1 Å². The number of phenolic OH excluding ortho intramolecular Hbond substituents is 2. The van der Waals surface area contributed by atoms with E-state index in [0.717, 1.165) is 0 Å². The van der Waals surface area contributed by atoms with E-state index in [-0.39, 0.29) is 40.6 Å². The van der Waals surface area contributed by atoms with E-state index in [1.807, 2.05) is 0 Å². The van der Waals surface area contributed by atoms with Crippen LogP contribution in [-0.2, 0) is 11.3 Å². The zero-order valence-corrected chi connectivity index (χ0v) is 20.6. The minimum Gasteiger partial charge on any atom is -0.504 e. The molecule has 0 aliphatic carbocycles. The van der Waals surface area contributed by atoms with Gasteiger partial charge in [0.1, 0.15) is 11.5 Å². The average Bonchev–Trinajstić information content (AvgIpc) is 2.92. The molecular formula is C28H25FN4O5. The first-order valence-electron chi connectivity index (χ1n) is 11.7. The summed E-state index contributed by atoms with van der Waals surface area (Å²) in [5.74, 6) is -1.91. The molecule has 4 N–H and O–H groups in total. The Morgan fingerprint density at radius 3 is 2.39 bits per heavy atom. The van der Waals surface area contributed by atoms with Crippen molar-refractivity contribution in [2.24, 2.45) is 0 Å². The number of amides is 1. The van der Waals surface area contributed by atoms with Crippen molar-refractivity contribution in [1.29, 1.82) is 0 Å². The molecule has 1 unspecified atom stereocenters. The lowest BCUT2D eigenvalue weighted by Crippen LogP contribution is -2.37. The lowest BCUT2D eigenvalue weighted by atomic mass is 10.0. The summed E-state index contributed by atoms with van der Waals surface area (Å²) < 4.78 is 14.7. The molecule has 2 aromatic heterocycles. The molecule has 10 heteroatoms. The van der Waals surface area contributed by atoms with Crippen molar-refractivity contribution in [2.45, 2.75) is 19.5 Å². The van der Waals surface area contributed by atoms with Gasteiger partial charge in [-0.25, -0.2) is 4.39 Å². The fraction of sp³-hybridized carbons (Fsp3) is 0.143. The molecule has 0 saturated carbocycles. The second-order valence-electron chi connectivity index (χ2n) is 8.64. The van der Waals surface area contributed by atoms with Crippen molar-refractivity contribution in [2.75, 3.05) is 12.4 Å². The molecule has 0 radical (unpaired) electrons. The molecular weight excluding hydrogens is 491 g/mol. The van der Waals surface area contributed by atoms with Gasteiger partial charge >= 0.3 is 0 Å². The number of likely N-dealkylation sites (N-methyl/N-ethyl adjacent to an activating group) is 1. The number of benzene rings is 2. The number of carbonyl (C=O) groups excluding carboxylic acids is 2. The van der Waals surface area contributed by atoms with Crippen molar-refractivity contribution < 1.29 is 24.2 Å². The maximum absolute atomic E-state index is 13.5. The summed E-state index contributed by atoms with van der Waals surface area (Å²) in [5, 5.41) is 25.2. The van der Waals surface area contributed by atoms with Gasteiger partial charge in [-0.3, -0.25) is 19.4 Å². The number of phenols is 2. The molecule has 0 bridgehead atoms. The monoisotopic (exact) mass is 516 g/mol. The van der Waals surface area contributed by atoms with Crippen LogP contribution in [0.25, 0.3) is 11.3 Å². The number of ketones is 1. The highest BCUT2D eigenvalue weighted by molar-refractivity contribution is 6.08. The first-order valence-corrected chi connectivity index (χ1v) is 11.7. The lowest BCUT2D eigenvalue weighted by Gasteiger charge is -2.17. The van der Waals surface area contributed by atoms with Crippen LogP contribution in [0.15, 0.2) is 77.9 Å². The van der Waals surface area contributed by atoms with Crippen molar-refractivity contribution in [3.8, 4) is 22.8 Å². The molecule has 1 atom stereocenters. The number of halogens is 1. The minimum absolute atomic E-state index is 0.0291. The largest absolute Gasteiger partial charge is 0.504 e. The summed E-state index contributed by atoms with van der Waals surface area (Å²) in [4.78, 5) is 43.0. The molecule has 0 spiro atoms. The number of anilines is 1. The molecule has 2 aromatic carbocycles. The molecule has 0 aliphatic rings. The second-order valence-corrected chi connectivity index (χ2v) is 8.64. The highest BCUT2D eigenvalue weighted by atomic mass is 19.1. The highest BCUT2D eigenvalue weighted by Gasteiger charge is 2.18. The number of aromatic nitrogens is 2. The average molecular weight is 517 g/mol. The minimum atomic E-state index is -0.546. The van der Waals surface area contributed by atoms with Gasteiger partial charge in [0.25, 0.3) is 5.56 Å². The topological polar surface area (TPSA) is 134 Å². The van der Waals surface area contributed by atoms with Crippen LogP contribution in [-0.4, -0.2) is 44.5 Å². The van der Waals surface area contributed by atoms with Gasteiger partial charge in [0.2, 0.25) is 5.91 Å². The Labute approximate surface area is 217 Å². The van der Waals surface area contributed by atoms with Crippen molar-refractivity contribution >= 4 is 17.4 Å². The van der Waals surface area contributed by atoms with Crippen LogP contribution in [0.4, 0.5) is 10.1 Å². The van der Waals surface area contributed by atoms with Gasteiger partial charge < -0.3 is 25.4 Å². The van der Waals surface area contributed by atoms with Crippen LogP contribution in [0.5, 0.6) is 11.5 Å². The summed E-state index contributed by atoms with van der Waals surface area (Å²) in [6.07, 6.45) is 2.88. The molecule has 0 saturated heterocycles. The third kappa shape index (κ3) is 5.60. The van der Waals surface area contributed by atoms with Crippen LogP contribution < -0.4 is 16.2 Å². The molecule has 194 valence electrons. The van der Waals surface area contributed by atoms with Crippen LogP contribution >= 0.6 is 0 Å². The van der Waals surface area contributed by atoms with Crippen LogP contribution in [0, 0.1) is 5.82 Å². The van der Waals surface area contributed by atoms with Gasteiger partial charge in [0.15, 0.2) is 17.3 Å². The van der Waals surface area contributed by atoms with Gasteiger partial charge in [0.05, 0.1) is 18.3 Å². The van der Waals surface area contributed by atoms with E-state index < -0.39 is 23.3 Å². The fourth-order valence-electron chi connectivity index (χ4n) is 3.79. The molecule has 2 heterocycles. The highest BCUT2D eigenvalue weighted by Crippen LogP contribution is 2.30. The Morgan fingerprint density at radius 2 is 1.71 bits per heavy atom. The fourth-order valence-corrected chi connectivity index (χ4v) is 3.79. The first kappa shape index (κ1) is 26.2. The Balaban J connectivity index is 1.76. The van der Waals surface area contributed by atoms with E-state index in [1.165, 1.54) is 65.5 Å². The Kier molecular flexibility index (Phi) is 7.63. The summed E-state index contributed by atoms with van der Waals surface area (Å²) in [6.45, 7) is 1.62. The number of nitrogens with zero attached hydrogens (tertiary/aromatic N) is 2. The number of pyridine rings is 2. The van der Waals surface area contributed by atoms with E-state index in [2.05, 4.69) is 15.6 Å². The third-order valence-corrected chi connectivity index (χ3v) is 6.03. The number of nitrogens with one attached hydrogen (secondary N) is 2. The van der Waals surface area contributed by atoms with Gasteiger partial charge in [0, 0.05) is 29.1 Å². The number of aromatic hydroxyl groups is 2. The van der Waals surface area contributed by atoms with Gasteiger partial charge in [-0.2, -0.15) is 0 Å². The second kappa shape index (κ2) is 11.1. The van der Waals surface area contributed by atoms with E-state index in [9.17, 15) is 29.0 Å². The van der Waals surface area contributed by atoms with Crippen molar-refractivity contribution in [3.05, 3.63) is 106 Å². The number of hydrogen-bond acceptors (Lipinski definition) is 7. The summed E-state index contributed by atoms with van der Waals surface area (Å²) in [6, 6.07) is 13.4. The molecule has 0 aliphatic heterocycles. The summed E-state index contributed by atoms with van der Waals surface area (Å²) in [5.41, 5.74) is 1.38. The van der Waals surface area contributed by atoms with Crippen LogP contribution in [0.3, 0.4) is 0 Å². The summed E-state index contributed by atoms with van der Waals surface area (Å²) in [7, 11) is 1.62.